The van der Waals surface area contributed by atoms with Gasteiger partial charge in [0.05, 0.1) is 0 Å². The van der Waals surface area contributed by atoms with Gasteiger partial charge in [0.25, 0.3) is 0 Å². The summed E-state index contributed by atoms with van der Waals surface area (Å²) in [5, 5.41) is 0. The number of carbonyl (C=O) groups is 1. The highest BCUT2D eigenvalue weighted by molar-refractivity contribution is 7.71. The molecule has 2 heterocycles. The molecule has 0 amide bonds. The number of nitrogens with zero attached hydrogens (tertiary/aromatic N) is 3. The standard InChI is InChI=1S/C14H17N3O2S/c1-9(18)4-5-10-6-7-15-12-11(8-10)13(20)17(3)14(19)16(12)2/h6-7H,4-5,8H2,1-3H3. The van der Waals surface area contributed by atoms with Crippen molar-refractivity contribution in [1.29, 1.82) is 0 Å². The van der Waals surface area contributed by atoms with Crippen LogP contribution in [0.2, 0.25) is 0 Å². The molecule has 0 spiro atoms. The largest absolute Gasteiger partial charge is 0.330 e. The fraction of sp³-hybridized carbons (Fsp3) is 0.429. The molecule has 0 saturated heterocycles. The number of fused-ring (bicyclic) bond motifs is 1. The number of hydrogen-bond donors (Lipinski definition) is 0. The molecule has 0 aromatic carbocycles. The van der Waals surface area contributed by atoms with Gasteiger partial charge in [0.15, 0.2) is 0 Å². The Bertz CT molecular complexity index is 738. The van der Waals surface area contributed by atoms with Crippen molar-refractivity contribution in [3.8, 4) is 0 Å². The Morgan fingerprint density at radius 2 is 2.10 bits per heavy atom. The van der Waals surface area contributed by atoms with E-state index in [-0.39, 0.29) is 11.5 Å². The number of ketones is 1. The van der Waals surface area contributed by atoms with E-state index in [1.807, 2.05) is 6.08 Å². The number of allylic oxidation sites excluding steroid dienone is 2. The predicted octanol–water partition coefficient (Wildman–Crippen LogP) is 2.01. The molecule has 0 bridgehead atoms. The van der Waals surface area contributed by atoms with Crippen molar-refractivity contribution in [3.05, 3.63) is 32.3 Å². The Labute approximate surface area is 122 Å². The molecule has 20 heavy (non-hydrogen) atoms. The van der Waals surface area contributed by atoms with Gasteiger partial charge in [-0.25, -0.2) is 9.79 Å². The molecule has 5 nitrogen and oxygen atoms in total. The van der Waals surface area contributed by atoms with Gasteiger partial charge >= 0.3 is 5.69 Å². The molecule has 6 heteroatoms. The van der Waals surface area contributed by atoms with E-state index in [0.717, 1.165) is 11.1 Å². The van der Waals surface area contributed by atoms with Crippen molar-refractivity contribution in [2.24, 2.45) is 19.1 Å². The fourth-order valence-electron chi connectivity index (χ4n) is 2.23. The maximum absolute atomic E-state index is 12.0. The van der Waals surface area contributed by atoms with Crippen LogP contribution in [0.1, 0.15) is 25.3 Å². The summed E-state index contributed by atoms with van der Waals surface area (Å²) in [5.74, 6) is 0.768. The van der Waals surface area contributed by atoms with Crippen LogP contribution < -0.4 is 5.69 Å². The summed E-state index contributed by atoms with van der Waals surface area (Å²) in [5.41, 5.74) is 1.79. The molecule has 0 aliphatic carbocycles. The first-order valence-electron chi connectivity index (χ1n) is 6.42. The van der Waals surface area contributed by atoms with Crippen LogP contribution in [0.3, 0.4) is 0 Å². The van der Waals surface area contributed by atoms with E-state index in [4.69, 9.17) is 12.2 Å². The van der Waals surface area contributed by atoms with E-state index in [2.05, 4.69) is 4.99 Å². The Balaban J connectivity index is 2.47. The molecular weight excluding hydrogens is 274 g/mol. The lowest BCUT2D eigenvalue weighted by Crippen LogP contribution is -2.28. The minimum absolute atomic E-state index is 0.164. The van der Waals surface area contributed by atoms with Crippen LogP contribution >= 0.6 is 12.2 Å². The fourth-order valence-corrected chi connectivity index (χ4v) is 2.47. The van der Waals surface area contributed by atoms with Crippen molar-refractivity contribution in [2.45, 2.75) is 26.2 Å². The Kier molecular flexibility index (Phi) is 4.13. The van der Waals surface area contributed by atoms with Gasteiger partial charge in [-0.1, -0.05) is 17.8 Å². The molecule has 0 radical (unpaired) electrons. The van der Waals surface area contributed by atoms with Crippen LogP contribution in [-0.4, -0.2) is 21.1 Å². The second-order valence-electron chi connectivity index (χ2n) is 4.99. The summed E-state index contributed by atoms with van der Waals surface area (Å²) in [4.78, 5) is 27.4. The summed E-state index contributed by atoms with van der Waals surface area (Å²) in [6, 6.07) is 0. The minimum Gasteiger partial charge on any atom is -0.300 e. The van der Waals surface area contributed by atoms with E-state index < -0.39 is 0 Å². The summed E-state index contributed by atoms with van der Waals surface area (Å²) >= 11 is 5.36. The molecule has 0 N–H and O–H groups in total. The quantitative estimate of drug-likeness (QED) is 0.800. The highest BCUT2D eigenvalue weighted by Crippen LogP contribution is 2.25. The zero-order valence-corrected chi connectivity index (χ0v) is 12.7. The van der Waals surface area contributed by atoms with Crippen LogP contribution in [0, 0.1) is 4.64 Å². The number of Topliss-reactive ketones (excluding diaryl/α,β-unsaturated/α-hetero) is 1. The molecule has 1 aliphatic heterocycles. The molecular formula is C14H17N3O2S. The van der Waals surface area contributed by atoms with Crippen LogP contribution in [0.15, 0.2) is 21.4 Å². The monoisotopic (exact) mass is 291 g/mol. The lowest BCUT2D eigenvalue weighted by Gasteiger charge is -2.13. The van der Waals surface area contributed by atoms with Crippen molar-refractivity contribution < 1.29 is 4.79 Å². The molecule has 0 atom stereocenters. The van der Waals surface area contributed by atoms with Gasteiger partial charge in [-0.2, -0.15) is 0 Å². The van der Waals surface area contributed by atoms with E-state index in [0.29, 0.717) is 29.7 Å². The number of aliphatic imine (C=N–C) groups is 1. The molecule has 1 aliphatic rings. The first kappa shape index (κ1) is 14.6. The van der Waals surface area contributed by atoms with Crippen molar-refractivity contribution in [2.75, 3.05) is 0 Å². The Hall–Kier alpha value is -1.82. The van der Waals surface area contributed by atoms with Crippen LogP contribution in [0.5, 0.6) is 0 Å². The number of hydrogen-bond acceptors (Lipinski definition) is 4. The molecule has 0 unspecified atom stereocenters. The van der Waals surface area contributed by atoms with Gasteiger partial charge in [0.1, 0.15) is 16.2 Å². The lowest BCUT2D eigenvalue weighted by atomic mass is 10.0. The van der Waals surface area contributed by atoms with Gasteiger partial charge < -0.3 is 4.79 Å². The maximum Gasteiger partial charge on any atom is 0.330 e. The highest BCUT2D eigenvalue weighted by atomic mass is 32.1. The number of rotatable bonds is 3. The van der Waals surface area contributed by atoms with E-state index in [1.54, 1.807) is 27.2 Å². The SMILES string of the molecule is CC(=O)CCC1=CC=Nc2c(c(=S)n(C)c(=O)n2C)C1. The molecule has 106 valence electrons. The van der Waals surface area contributed by atoms with Gasteiger partial charge in [0, 0.05) is 38.7 Å². The molecule has 0 fully saturated rings. The van der Waals surface area contributed by atoms with E-state index in [1.165, 1.54) is 9.13 Å². The Morgan fingerprint density at radius 3 is 2.75 bits per heavy atom. The normalized spacial score (nSPS) is 13.7. The van der Waals surface area contributed by atoms with Crippen LogP contribution in [0.25, 0.3) is 0 Å². The van der Waals surface area contributed by atoms with Crippen LogP contribution in [-0.2, 0) is 25.3 Å². The summed E-state index contributed by atoms with van der Waals surface area (Å²) in [7, 11) is 3.35. The van der Waals surface area contributed by atoms with Crippen LogP contribution in [0.4, 0.5) is 5.82 Å². The topological polar surface area (TPSA) is 56.4 Å². The molecule has 1 aromatic rings. The average molecular weight is 291 g/mol. The van der Waals surface area contributed by atoms with Crippen molar-refractivity contribution in [3.63, 3.8) is 0 Å². The average Bonchev–Trinajstić information content (AvgIpc) is 2.63. The first-order chi connectivity index (χ1) is 9.41. The third kappa shape index (κ3) is 2.70. The maximum atomic E-state index is 12.0. The van der Waals surface area contributed by atoms with Crippen molar-refractivity contribution >= 4 is 30.0 Å². The molecule has 0 saturated carbocycles. The Morgan fingerprint density at radius 1 is 1.40 bits per heavy atom. The van der Waals surface area contributed by atoms with E-state index in [9.17, 15) is 9.59 Å². The number of aromatic nitrogens is 2. The predicted molar refractivity (Wildman–Crippen MR) is 81.3 cm³/mol. The third-order valence-corrected chi connectivity index (χ3v) is 3.95. The van der Waals surface area contributed by atoms with E-state index >= 15 is 0 Å². The highest BCUT2D eigenvalue weighted by Gasteiger charge is 2.15. The summed E-state index contributed by atoms with van der Waals surface area (Å²) < 4.78 is 3.47. The molecule has 1 aromatic heterocycles. The second kappa shape index (κ2) is 5.66. The first-order valence-corrected chi connectivity index (χ1v) is 6.83. The smallest absolute Gasteiger partial charge is 0.300 e. The summed E-state index contributed by atoms with van der Waals surface area (Å²) in [6.45, 7) is 1.58. The third-order valence-electron chi connectivity index (χ3n) is 3.43. The van der Waals surface area contributed by atoms with Gasteiger partial charge in [-0.3, -0.25) is 9.13 Å². The van der Waals surface area contributed by atoms with Gasteiger partial charge in [0.2, 0.25) is 0 Å². The second-order valence-corrected chi connectivity index (χ2v) is 5.38. The molecule has 2 rings (SSSR count). The van der Waals surface area contributed by atoms with Gasteiger partial charge in [-0.05, 0) is 19.4 Å². The minimum atomic E-state index is -0.182. The van der Waals surface area contributed by atoms with Gasteiger partial charge in [-0.15, -0.1) is 0 Å². The zero-order chi connectivity index (χ0) is 14.9. The lowest BCUT2D eigenvalue weighted by molar-refractivity contribution is -0.116. The summed E-state index contributed by atoms with van der Waals surface area (Å²) in [6.07, 6.45) is 5.42. The zero-order valence-electron chi connectivity index (χ0n) is 11.8. The van der Waals surface area contributed by atoms with Crippen molar-refractivity contribution in [1.82, 2.24) is 9.13 Å². The number of carbonyl (C=O) groups excluding carboxylic acids is 1.